The first-order valence-corrected chi connectivity index (χ1v) is 6.31. The van der Waals surface area contributed by atoms with E-state index in [1.165, 1.54) is 6.07 Å². The molecule has 0 amide bonds. The van der Waals surface area contributed by atoms with Gasteiger partial charge in [-0.15, -0.1) is 0 Å². The second-order valence-corrected chi connectivity index (χ2v) is 4.52. The molecule has 0 aromatic heterocycles. The van der Waals surface area contributed by atoms with Crippen molar-refractivity contribution in [3.05, 3.63) is 46.8 Å². The van der Waals surface area contributed by atoms with Gasteiger partial charge in [-0.3, -0.25) is 0 Å². The van der Waals surface area contributed by atoms with E-state index in [0.29, 0.717) is 10.6 Å². The number of nitrogens with one attached hydrogen (secondary N) is 1. The van der Waals surface area contributed by atoms with E-state index in [9.17, 15) is 4.39 Å². The molecule has 0 aliphatic rings. The molecule has 0 aliphatic carbocycles. The Bertz CT molecular complexity index is 390. The van der Waals surface area contributed by atoms with Gasteiger partial charge in [0.15, 0.2) is 0 Å². The molecule has 1 N–H and O–H groups in total. The summed E-state index contributed by atoms with van der Waals surface area (Å²) >= 11 is 5.75. The van der Waals surface area contributed by atoms with Crippen LogP contribution in [0.5, 0.6) is 0 Å². The van der Waals surface area contributed by atoms with Crippen LogP contribution >= 0.6 is 11.6 Å². The van der Waals surface area contributed by atoms with E-state index in [-0.39, 0.29) is 11.9 Å². The Hall–Kier alpha value is -0.860. The van der Waals surface area contributed by atoms with E-state index >= 15 is 0 Å². The SMILES string of the molecule is C=C(CC)CC(NCC)c1ccc(Cl)cc1F. The molecular formula is C14H19ClFN. The summed E-state index contributed by atoms with van der Waals surface area (Å²) in [6.45, 7) is 8.84. The smallest absolute Gasteiger partial charge is 0.129 e. The Morgan fingerprint density at radius 2 is 2.18 bits per heavy atom. The zero-order chi connectivity index (χ0) is 12.8. The van der Waals surface area contributed by atoms with Crippen molar-refractivity contribution in [1.82, 2.24) is 5.32 Å². The molecule has 0 saturated carbocycles. The van der Waals surface area contributed by atoms with Crippen molar-refractivity contribution in [2.75, 3.05) is 6.54 Å². The number of hydrogen-bond donors (Lipinski definition) is 1. The first-order valence-electron chi connectivity index (χ1n) is 5.93. The molecule has 3 heteroatoms. The standard InChI is InChI=1S/C14H19ClFN/c1-4-10(3)8-14(17-5-2)12-7-6-11(15)9-13(12)16/h6-7,9,14,17H,3-5,8H2,1-2H3. The van der Waals surface area contributed by atoms with Gasteiger partial charge in [0.1, 0.15) is 5.82 Å². The first-order chi connectivity index (χ1) is 8.08. The fraction of sp³-hybridized carbons (Fsp3) is 0.429. The molecule has 1 aromatic rings. The van der Waals surface area contributed by atoms with Crippen molar-refractivity contribution in [2.45, 2.75) is 32.7 Å². The van der Waals surface area contributed by atoms with Crippen molar-refractivity contribution >= 4 is 11.6 Å². The van der Waals surface area contributed by atoms with Crippen molar-refractivity contribution in [2.24, 2.45) is 0 Å². The molecule has 1 nitrogen and oxygen atoms in total. The molecular weight excluding hydrogens is 237 g/mol. The van der Waals surface area contributed by atoms with Gasteiger partial charge in [-0.2, -0.15) is 0 Å². The molecule has 0 bridgehead atoms. The lowest BCUT2D eigenvalue weighted by Crippen LogP contribution is -2.22. The van der Waals surface area contributed by atoms with Gasteiger partial charge in [0, 0.05) is 16.6 Å². The van der Waals surface area contributed by atoms with Crippen LogP contribution in [-0.4, -0.2) is 6.54 Å². The van der Waals surface area contributed by atoms with E-state index < -0.39 is 0 Å². The van der Waals surface area contributed by atoms with Crippen molar-refractivity contribution in [1.29, 1.82) is 0 Å². The molecule has 0 spiro atoms. The van der Waals surface area contributed by atoms with Gasteiger partial charge in [0.2, 0.25) is 0 Å². The van der Waals surface area contributed by atoms with Gasteiger partial charge in [-0.25, -0.2) is 4.39 Å². The van der Waals surface area contributed by atoms with Crippen LogP contribution in [0.15, 0.2) is 30.4 Å². The predicted octanol–water partition coefficient (Wildman–Crippen LogP) is 4.49. The number of halogens is 2. The van der Waals surface area contributed by atoms with Crippen molar-refractivity contribution in [3.8, 4) is 0 Å². The summed E-state index contributed by atoms with van der Waals surface area (Å²) in [7, 11) is 0. The van der Waals surface area contributed by atoms with Gasteiger partial charge in [-0.1, -0.05) is 43.7 Å². The topological polar surface area (TPSA) is 12.0 Å². The Kier molecular flexibility index (Phi) is 5.66. The minimum atomic E-state index is -0.257. The fourth-order valence-corrected chi connectivity index (χ4v) is 1.91. The molecule has 94 valence electrons. The zero-order valence-corrected chi connectivity index (χ0v) is 11.1. The Labute approximate surface area is 108 Å². The van der Waals surface area contributed by atoms with Crippen molar-refractivity contribution < 1.29 is 4.39 Å². The van der Waals surface area contributed by atoms with Gasteiger partial charge in [0.25, 0.3) is 0 Å². The highest BCUT2D eigenvalue weighted by atomic mass is 35.5. The normalized spacial score (nSPS) is 12.5. The summed E-state index contributed by atoms with van der Waals surface area (Å²) < 4.78 is 13.8. The first kappa shape index (κ1) is 14.2. The second-order valence-electron chi connectivity index (χ2n) is 4.08. The van der Waals surface area contributed by atoms with Crippen LogP contribution in [0.3, 0.4) is 0 Å². The lowest BCUT2D eigenvalue weighted by molar-refractivity contribution is 0.506. The third-order valence-corrected chi connectivity index (χ3v) is 3.02. The monoisotopic (exact) mass is 255 g/mol. The lowest BCUT2D eigenvalue weighted by atomic mass is 9.98. The molecule has 1 rings (SSSR count). The summed E-state index contributed by atoms with van der Waals surface area (Å²) in [5, 5.41) is 3.71. The highest BCUT2D eigenvalue weighted by Crippen LogP contribution is 2.26. The predicted molar refractivity (Wildman–Crippen MR) is 71.9 cm³/mol. The van der Waals surface area contributed by atoms with Gasteiger partial charge < -0.3 is 5.32 Å². The zero-order valence-electron chi connectivity index (χ0n) is 10.4. The fourth-order valence-electron chi connectivity index (χ4n) is 1.76. The van der Waals surface area contributed by atoms with E-state index in [1.54, 1.807) is 12.1 Å². The molecule has 1 unspecified atom stereocenters. The van der Waals surface area contributed by atoms with Crippen LogP contribution in [0.1, 0.15) is 38.3 Å². The highest BCUT2D eigenvalue weighted by Gasteiger charge is 2.15. The second kappa shape index (κ2) is 6.77. The molecule has 0 saturated heterocycles. The molecule has 0 aliphatic heterocycles. The summed E-state index contributed by atoms with van der Waals surface area (Å²) in [5.41, 5.74) is 1.77. The molecule has 0 heterocycles. The minimum absolute atomic E-state index is 0.0234. The largest absolute Gasteiger partial charge is 0.310 e. The van der Waals surface area contributed by atoms with Crippen LogP contribution in [0, 0.1) is 5.82 Å². The average molecular weight is 256 g/mol. The maximum absolute atomic E-state index is 13.8. The van der Waals surface area contributed by atoms with Crippen LogP contribution in [0.25, 0.3) is 0 Å². The third kappa shape index (κ3) is 4.14. The number of benzene rings is 1. The molecule has 0 fully saturated rings. The molecule has 17 heavy (non-hydrogen) atoms. The Morgan fingerprint density at radius 3 is 2.71 bits per heavy atom. The third-order valence-electron chi connectivity index (χ3n) is 2.78. The number of rotatable bonds is 6. The van der Waals surface area contributed by atoms with E-state index in [2.05, 4.69) is 18.8 Å². The minimum Gasteiger partial charge on any atom is -0.310 e. The van der Waals surface area contributed by atoms with E-state index in [1.807, 2.05) is 6.92 Å². The lowest BCUT2D eigenvalue weighted by Gasteiger charge is -2.20. The van der Waals surface area contributed by atoms with Crippen LogP contribution in [0.4, 0.5) is 4.39 Å². The van der Waals surface area contributed by atoms with E-state index in [4.69, 9.17) is 11.6 Å². The molecule has 1 aromatic carbocycles. The number of hydrogen-bond acceptors (Lipinski definition) is 1. The van der Waals surface area contributed by atoms with E-state index in [0.717, 1.165) is 25.0 Å². The quantitative estimate of drug-likeness (QED) is 0.739. The molecule has 0 radical (unpaired) electrons. The van der Waals surface area contributed by atoms with Gasteiger partial charge >= 0.3 is 0 Å². The molecule has 1 atom stereocenters. The maximum Gasteiger partial charge on any atom is 0.129 e. The van der Waals surface area contributed by atoms with Crippen LogP contribution in [0.2, 0.25) is 5.02 Å². The van der Waals surface area contributed by atoms with Crippen LogP contribution < -0.4 is 5.32 Å². The summed E-state index contributed by atoms with van der Waals surface area (Å²) in [6.07, 6.45) is 1.67. The summed E-state index contributed by atoms with van der Waals surface area (Å²) in [6, 6.07) is 4.80. The van der Waals surface area contributed by atoms with Gasteiger partial charge in [-0.05, 0) is 31.5 Å². The Morgan fingerprint density at radius 1 is 1.47 bits per heavy atom. The van der Waals surface area contributed by atoms with Gasteiger partial charge in [0.05, 0.1) is 0 Å². The highest BCUT2D eigenvalue weighted by molar-refractivity contribution is 6.30. The Balaban J connectivity index is 2.92. The van der Waals surface area contributed by atoms with Crippen LogP contribution in [-0.2, 0) is 0 Å². The maximum atomic E-state index is 13.8. The average Bonchev–Trinajstić information content (AvgIpc) is 2.28. The summed E-state index contributed by atoms with van der Waals surface area (Å²) in [5.74, 6) is -0.257. The van der Waals surface area contributed by atoms with Crippen molar-refractivity contribution in [3.63, 3.8) is 0 Å². The summed E-state index contributed by atoms with van der Waals surface area (Å²) in [4.78, 5) is 0.